The highest BCUT2D eigenvalue weighted by Gasteiger charge is 2.15. The summed E-state index contributed by atoms with van der Waals surface area (Å²) in [7, 11) is 0. The van der Waals surface area contributed by atoms with E-state index in [4.69, 9.17) is 10.4 Å². The second-order valence-electron chi connectivity index (χ2n) is 7.15. The van der Waals surface area contributed by atoms with Crippen LogP contribution in [0, 0.1) is 5.41 Å². The summed E-state index contributed by atoms with van der Waals surface area (Å²) in [6.07, 6.45) is 12.8. The van der Waals surface area contributed by atoms with Crippen LogP contribution in [0.25, 0.3) is 22.3 Å². The van der Waals surface area contributed by atoms with E-state index in [0.29, 0.717) is 30.3 Å². The van der Waals surface area contributed by atoms with Gasteiger partial charge < -0.3 is 15.8 Å². The molecule has 0 bridgehead atoms. The molecule has 0 spiro atoms. The highest BCUT2D eigenvalue weighted by Crippen LogP contribution is 2.26. The second-order valence-corrected chi connectivity index (χ2v) is 7.15. The van der Waals surface area contributed by atoms with E-state index >= 15 is 0 Å². The van der Waals surface area contributed by atoms with Crippen LogP contribution in [0.1, 0.15) is 51.8 Å². The van der Waals surface area contributed by atoms with Crippen molar-refractivity contribution in [3.05, 3.63) is 42.7 Å². The fraction of sp³-hybridized carbons (Fsp3) is 0.429. The maximum Gasteiger partial charge on any atom is 0.0999 e. The molecule has 154 valence electrons. The van der Waals surface area contributed by atoms with Crippen molar-refractivity contribution in [1.29, 1.82) is 5.41 Å². The molecule has 3 aromatic rings. The average Bonchev–Trinajstić information content (AvgIpc) is 3.38. The number of aliphatic hydroxyl groups excluding tert-OH is 1. The number of hydrogen-bond donors (Lipinski definition) is 3. The molecule has 3 N–H and O–H groups in total. The van der Waals surface area contributed by atoms with Crippen LogP contribution in [0.4, 0.5) is 0 Å². The van der Waals surface area contributed by atoms with Crippen molar-refractivity contribution < 1.29 is 5.11 Å². The Morgan fingerprint density at radius 1 is 1.28 bits per heavy atom. The number of nitrogens with zero attached hydrogens (tertiary/aromatic N) is 5. The largest absolute Gasteiger partial charge is 0.393 e. The molecule has 0 unspecified atom stereocenters. The van der Waals surface area contributed by atoms with Crippen molar-refractivity contribution >= 4 is 17.3 Å². The number of hydrogen-bond acceptors (Lipinski definition) is 6. The van der Waals surface area contributed by atoms with Gasteiger partial charge in [0.25, 0.3) is 0 Å². The summed E-state index contributed by atoms with van der Waals surface area (Å²) >= 11 is 0. The first-order valence-electron chi connectivity index (χ1n) is 10.1. The van der Waals surface area contributed by atoms with Gasteiger partial charge in [-0.25, -0.2) is 9.50 Å². The normalized spacial score (nSPS) is 13.2. The second kappa shape index (κ2) is 9.47. The molecule has 0 radical (unpaired) electrons. The lowest BCUT2D eigenvalue weighted by Crippen LogP contribution is -2.14. The Morgan fingerprint density at radius 3 is 2.76 bits per heavy atom. The predicted molar refractivity (Wildman–Crippen MR) is 115 cm³/mol. The van der Waals surface area contributed by atoms with E-state index in [1.54, 1.807) is 23.8 Å². The Labute approximate surface area is 170 Å². The molecule has 8 nitrogen and oxygen atoms in total. The van der Waals surface area contributed by atoms with Crippen molar-refractivity contribution in [3.8, 4) is 11.3 Å². The zero-order chi connectivity index (χ0) is 20.8. The standard InChI is InChI=1S/C21H29N7O/c1-4-18(5-2)27-13-17(12-25-27)21-20-7-9-24-28(20)14-19(26-21)16(10-22)11-23-8-6-15(3)29/h7,9-15,18,22-23,29H,4-6,8H2,1-3H3/b16-11+,22-10?/t15-/m1/s1. The van der Waals surface area contributed by atoms with Gasteiger partial charge in [-0.2, -0.15) is 10.2 Å². The van der Waals surface area contributed by atoms with E-state index in [2.05, 4.69) is 29.4 Å². The van der Waals surface area contributed by atoms with E-state index in [9.17, 15) is 5.11 Å². The van der Waals surface area contributed by atoms with Crippen molar-refractivity contribution in [1.82, 2.24) is 29.7 Å². The molecule has 0 amide bonds. The summed E-state index contributed by atoms with van der Waals surface area (Å²) in [4.78, 5) is 4.83. The van der Waals surface area contributed by atoms with Gasteiger partial charge in [0.1, 0.15) is 0 Å². The number of aliphatic hydroxyl groups is 1. The highest BCUT2D eigenvalue weighted by atomic mass is 16.3. The van der Waals surface area contributed by atoms with Crippen LogP contribution < -0.4 is 5.32 Å². The molecule has 1 atom stereocenters. The lowest BCUT2D eigenvalue weighted by molar-refractivity contribution is 0.185. The maximum atomic E-state index is 9.39. The van der Waals surface area contributed by atoms with Gasteiger partial charge in [-0.05, 0) is 32.3 Å². The summed E-state index contributed by atoms with van der Waals surface area (Å²) in [5.74, 6) is 0. The Bertz CT molecular complexity index is 982. The van der Waals surface area contributed by atoms with Gasteiger partial charge in [0, 0.05) is 36.3 Å². The van der Waals surface area contributed by atoms with Crippen LogP contribution in [0.15, 0.2) is 37.1 Å². The third-order valence-corrected chi connectivity index (χ3v) is 5.00. The maximum absolute atomic E-state index is 9.39. The quantitative estimate of drug-likeness (QED) is 0.361. The average molecular weight is 396 g/mol. The molecule has 3 rings (SSSR count). The van der Waals surface area contributed by atoms with Gasteiger partial charge in [-0.1, -0.05) is 13.8 Å². The number of rotatable bonds is 10. The number of fused-ring (bicyclic) bond motifs is 1. The first kappa shape index (κ1) is 20.7. The first-order valence-corrected chi connectivity index (χ1v) is 10.1. The van der Waals surface area contributed by atoms with Crippen LogP contribution in [0.3, 0.4) is 0 Å². The smallest absolute Gasteiger partial charge is 0.0999 e. The minimum Gasteiger partial charge on any atom is -0.393 e. The highest BCUT2D eigenvalue weighted by molar-refractivity contribution is 6.07. The van der Waals surface area contributed by atoms with Crippen LogP contribution in [-0.2, 0) is 0 Å². The van der Waals surface area contributed by atoms with Gasteiger partial charge in [0.2, 0.25) is 0 Å². The van der Waals surface area contributed by atoms with Crippen LogP contribution in [-0.4, -0.2) is 48.3 Å². The van der Waals surface area contributed by atoms with Gasteiger partial charge >= 0.3 is 0 Å². The summed E-state index contributed by atoms with van der Waals surface area (Å²) in [5.41, 5.74) is 3.89. The molecule has 3 heterocycles. The van der Waals surface area contributed by atoms with Crippen molar-refractivity contribution in [3.63, 3.8) is 0 Å². The molecule has 0 saturated carbocycles. The zero-order valence-corrected chi connectivity index (χ0v) is 17.2. The van der Waals surface area contributed by atoms with E-state index in [1.165, 1.54) is 6.21 Å². The van der Waals surface area contributed by atoms with Crippen molar-refractivity contribution in [2.24, 2.45) is 0 Å². The minimum atomic E-state index is -0.365. The van der Waals surface area contributed by atoms with E-state index in [0.717, 1.165) is 29.6 Å². The lowest BCUT2D eigenvalue weighted by Gasteiger charge is -2.12. The third kappa shape index (κ3) is 4.71. The Morgan fingerprint density at radius 2 is 2.07 bits per heavy atom. The van der Waals surface area contributed by atoms with Gasteiger partial charge in [0.05, 0.1) is 47.6 Å². The SMILES string of the molecule is CCC(CC)n1cc(-c2nc(/C(C=N)=C/NCC[C@@H](C)O)cn3nccc23)cn1. The molecule has 0 fully saturated rings. The fourth-order valence-electron chi connectivity index (χ4n) is 3.27. The Hall–Kier alpha value is -3.00. The van der Waals surface area contributed by atoms with Crippen molar-refractivity contribution in [2.75, 3.05) is 6.54 Å². The molecule has 0 aliphatic carbocycles. The van der Waals surface area contributed by atoms with E-state index in [-0.39, 0.29) is 6.10 Å². The number of aromatic nitrogens is 5. The van der Waals surface area contributed by atoms with Crippen molar-refractivity contribution in [2.45, 2.75) is 52.2 Å². The molecule has 8 heteroatoms. The number of allylic oxidation sites excluding steroid dienone is 1. The summed E-state index contributed by atoms with van der Waals surface area (Å²) in [6.45, 7) is 6.70. The molecule has 0 aliphatic rings. The zero-order valence-electron chi connectivity index (χ0n) is 17.2. The third-order valence-electron chi connectivity index (χ3n) is 5.00. The van der Waals surface area contributed by atoms with E-state index in [1.807, 2.05) is 29.3 Å². The van der Waals surface area contributed by atoms with Gasteiger partial charge in [-0.3, -0.25) is 4.68 Å². The van der Waals surface area contributed by atoms with Gasteiger partial charge in [-0.15, -0.1) is 0 Å². The lowest BCUT2D eigenvalue weighted by atomic mass is 10.1. The first-order chi connectivity index (χ1) is 14.1. The Balaban J connectivity index is 1.97. The van der Waals surface area contributed by atoms with Crippen LogP contribution >= 0.6 is 0 Å². The minimum absolute atomic E-state index is 0.364. The molecular formula is C21H29N7O. The predicted octanol–water partition coefficient (Wildman–Crippen LogP) is 3.30. The summed E-state index contributed by atoms with van der Waals surface area (Å²) in [5, 5.41) is 29.3. The summed E-state index contributed by atoms with van der Waals surface area (Å²) in [6, 6.07) is 2.29. The summed E-state index contributed by atoms with van der Waals surface area (Å²) < 4.78 is 3.78. The topological polar surface area (TPSA) is 104 Å². The van der Waals surface area contributed by atoms with Gasteiger partial charge in [0.15, 0.2) is 0 Å². The van der Waals surface area contributed by atoms with Crippen LogP contribution in [0.2, 0.25) is 0 Å². The molecule has 0 saturated heterocycles. The molecular weight excluding hydrogens is 366 g/mol. The van der Waals surface area contributed by atoms with E-state index < -0.39 is 0 Å². The monoisotopic (exact) mass is 395 g/mol. The molecule has 0 aliphatic heterocycles. The molecule has 29 heavy (non-hydrogen) atoms. The molecule has 0 aromatic carbocycles. The molecule has 3 aromatic heterocycles. The fourth-order valence-corrected chi connectivity index (χ4v) is 3.27. The Kier molecular flexibility index (Phi) is 6.77. The number of nitrogens with one attached hydrogen (secondary N) is 2. The van der Waals surface area contributed by atoms with Crippen LogP contribution in [0.5, 0.6) is 0 Å².